The summed E-state index contributed by atoms with van der Waals surface area (Å²) in [5.74, 6) is -1.94. The summed E-state index contributed by atoms with van der Waals surface area (Å²) in [6.07, 6.45) is -9.68. The molecule has 6 nitrogen and oxygen atoms in total. The quantitative estimate of drug-likeness (QED) is 0.680. The Hall–Kier alpha value is -2.83. The molecule has 33 heavy (non-hydrogen) atoms. The lowest BCUT2D eigenvalue weighted by atomic mass is 9.88. The molecule has 0 spiro atoms. The van der Waals surface area contributed by atoms with E-state index in [4.69, 9.17) is 10.5 Å². The Balaban J connectivity index is 1.80. The molecule has 0 saturated carbocycles. The molecule has 0 aliphatic carbocycles. The van der Waals surface area contributed by atoms with Crippen LogP contribution in [0.25, 0.3) is 0 Å². The van der Waals surface area contributed by atoms with Crippen molar-refractivity contribution in [3.8, 4) is 12.1 Å². The summed E-state index contributed by atoms with van der Waals surface area (Å²) in [7, 11) is 0. The fourth-order valence-corrected chi connectivity index (χ4v) is 4.36. The maximum atomic E-state index is 13.7. The van der Waals surface area contributed by atoms with Crippen molar-refractivity contribution in [2.75, 3.05) is 32.7 Å². The van der Waals surface area contributed by atoms with Gasteiger partial charge in [0.25, 0.3) is 0 Å². The van der Waals surface area contributed by atoms with Crippen LogP contribution in [0.1, 0.15) is 35.4 Å². The lowest BCUT2D eigenvalue weighted by Crippen LogP contribution is -2.54. The van der Waals surface area contributed by atoms with Gasteiger partial charge in [0.1, 0.15) is 6.04 Å². The minimum Gasteiger partial charge on any atom is -0.339 e. The highest BCUT2D eigenvalue weighted by Crippen LogP contribution is 2.42. The Morgan fingerprint density at radius 1 is 1.09 bits per heavy atom. The van der Waals surface area contributed by atoms with Crippen LogP contribution < -0.4 is 5.32 Å². The fraction of sp³-hybridized carbons (Fsp3) is 0.571. The van der Waals surface area contributed by atoms with E-state index in [0.717, 1.165) is 12.1 Å². The molecule has 1 aromatic rings. The summed E-state index contributed by atoms with van der Waals surface area (Å²) in [6, 6.07) is 2.56. The van der Waals surface area contributed by atoms with Crippen LogP contribution in [-0.2, 0) is 11.0 Å². The molecule has 3 atom stereocenters. The van der Waals surface area contributed by atoms with Gasteiger partial charge in [0.2, 0.25) is 5.91 Å². The summed E-state index contributed by atoms with van der Waals surface area (Å²) in [6.45, 7) is 2.09. The second kappa shape index (κ2) is 9.57. The second-order valence-corrected chi connectivity index (χ2v) is 8.07. The van der Waals surface area contributed by atoms with Crippen LogP contribution in [0.3, 0.4) is 0 Å². The van der Waals surface area contributed by atoms with Crippen molar-refractivity contribution >= 4 is 5.91 Å². The van der Waals surface area contributed by atoms with Crippen molar-refractivity contribution in [1.82, 2.24) is 15.1 Å². The molecule has 2 aliphatic rings. The van der Waals surface area contributed by atoms with E-state index in [1.54, 1.807) is 0 Å². The number of amides is 1. The Bertz CT molecular complexity index is 956. The Morgan fingerprint density at radius 3 is 2.30 bits per heavy atom. The maximum Gasteiger partial charge on any atom is 0.417 e. The van der Waals surface area contributed by atoms with Crippen molar-refractivity contribution < 1.29 is 31.1 Å². The van der Waals surface area contributed by atoms with Crippen molar-refractivity contribution in [3.63, 3.8) is 0 Å². The molecular formula is C21H21F6N5O. The first-order chi connectivity index (χ1) is 15.5. The molecule has 178 valence electrons. The third-order valence-corrected chi connectivity index (χ3v) is 6.04. The number of carbonyl (C=O) groups excluding carboxylic acids is 1. The molecule has 1 N–H and O–H groups in total. The van der Waals surface area contributed by atoms with Crippen LogP contribution in [0.2, 0.25) is 0 Å². The van der Waals surface area contributed by atoms with Gasteiger partial charge in [-0.3, -0.25) is 15.0 Å². The number of hydrogen-bond acceptors (Lipinski definition) is 5. The first kappa shape index (κ1) is 24.8. The zero-order valence-corrected chi connectivity index (χ0v) is 17.4. The third kappa shape index (κ3) is 5.57. The zero-order valence-electron chi connectivity index (χ0n) is 17.4. The van der Waals surface area contributed by atoms with Crippen molar-refractivity contribution in [3.05, 3.63) is 34.9 Å². The molecule has 2 fully saturated rings. The number of benzene rings is 1. The minimum absolute atomic E-state index is 0.229. The Labute approximate surface area is 186 Å². The normalized spacial score (nSPS) is 24.4. The molecular weight excluding hydrogens is 452 g/mol. The van der Waals surface area contributed by atoms with Gasteiger partial charge >= 0.3 is 12.4 Å². The number of alkyl halides is 6. The number of rotatable bonds is 4. The van der Waals surface area contributed by atoms with E-state index in [9.17, 15) is 31.1 Å². The van der Waals surface area contributed by atoms with E-state index in [1.165, 1.54) is 11.0 Å². The van der Waals surface area contributed by atoms with E-state index in [2.05, 4.69) is 5.32 Å². The number of hydrogen-bond donors (Lipinski definition) is 1. The number of nitrogens with zero attached hydrogens (tertiary/aromatic N) is 4. The topological polar surface area (TPSA) is 83.2 Å². The minimum atomic E-state index is -4.90. The molecule has 0 bridgehead atoms. The van der Waals surface area contributed by atoms with E-state index in [-0.39, 0.29) is 12.0 Å². The summed E-state index contributed by atoms with van der Waals surface area (Å²) >= 11 is 0. The van der Waals surface area contributed by atoms with Crippen LogP contribution in [0.4, 0.5) is 26.3 Å². The molecule has 1 aromatic carbocycles. The van der Waals surface area contributed by atoms with E-state index >= 15 is 0 Å². The van der Waals surface area contributed by atoms with Gasteiger partial charge in [0.15, 0.2) is 0 Å². The van der Waals surface area contributed by atoms with E-state index in [1.807, 2.05) is 11.0 Å². The van der Waals surface area contributed by atoms with Crippen molar-refractivity contribution in [2.45, 2.75) is 43.2 Å². The first-order valence-electron chi connectivity index (χ1n) is 10.3. The van der Waals surface area contributed by atoms with Gasteiger partial charge < -0.3 is 4.90 Å². The Kier molecular flexibility index (Phi) is 7.20. The molecule has 2 aliphatic heterocycles. The molecule has 0 radical (unpaired) electrons. The van der Waals surface area contributed by atoms with Crippen LogP contribution >= 0.6 is 0 Å². The third-order valence-electron chi connectivity index (χ3n) is 6.04. The largest absolute Gasteiger partial charge is 0.417 e. The van der Waals surface area contributed by atoms with Crippen LogP contribution in [-0.4, -0.2) is 66.7 Å². The molecule has 0 aromatic heterocycles. The molecule has 3 unspecified atom stereocenters. The molecule has 2 heterocycles. The highest BCUT2D eigenvalue weighted by Gasteiger charge is 2.53. The van der Waals surface area contributed by atoms with Gasteiger partial charge in [-0.05, 0) is 24.1 Å². The lowest BCUT2D eigenvalue weighted by molar-refractivity contribution is -0.156. The zero-order chi connectivity index (χ0) is 24.4. The van der Waals surface area contributed by atoms with Crippen molar-refractivity contribution in [1.29, 1.82) is 10.5 Å². The first-order valence-corrected chi connectivity index (χ1v) is 10.3. The predicted molar refractivity (Wildman–Crippen MR) is 104 cm³/mol. The number of nitrogens with one attached hydrogen (secondary N) is 1. The number of nitriles is 2. The number of carbonyl (C=O) groups is 1. The number of piperazine rings is 1. The second-order valence-electron chi connectivity index (χ2n) is 8.07. The van der Waals surface area contributed by atoms with Crippen LogP contribution in [0.5, 0.6) is 0 Å². The number of halogens is 6. The summed E-state index contributed by atoms with van der Waals surface area (Å²) in [5.41, 5.74) is -2.21. The predicted octanol–water partition coefficient (Wildman–Crippen LogP) is 3.01. The highest BCUT2D eigenvalue weighted by atomic mass is 19.4. The molecule has 3 rings (SSSR count). The van der Waals surface area contributed by atoms with Gasteiger partial charge in [-0.1, -0.05) is 6.07 Å². The van der Waals surface area contributed by atoms with Gasteiger partial charge in [-0.2, -0.15) is 36.9 Å². The fourth-order valence-electron chi connectivity index (χ4n) is 4.36. The summed E-state index contributed by atoms with van der Waals surface area (Å²) in [5, 5.41) is 19.9. The lowest BCUT2D eigenvalue weighted by Gasteiger charge is -2.35. The monoisotopic (exact) mass is 473 g/mol. The smallest absolute Gasteiger partial charge is 0.339 e. The molecule has 1 amide bonds. The van der Waals surface area contributed by atoms with E-state index < -0.39 is 47.4 Å². The average molecular weight is 473 g/mol. The average Bonchev–Trinajstić information content (AvgIpc) is 3.22. The van der Waals surface area contributed by atoms with Crippen molar-refractivity contribution in [2.24, 2.45) is 0 Å². The standard InChI is InChI=1S/C21H21F6N5O/c22-20(23,24)16-10-13(2-3-14(16)12-29)15-11-17(30-18(15)21(25,26)27)19(33)32-8-6-31(7-9-32)5-1-4-28/h2-3,10,15,17-18,30H,1,5-9,11H2. The Morgan fingerprint density at radius 2 is 1.76 bits per heavy atom. The highest BCUT2D eigenvalue weighted by molar-refractivity contribution is 5.82. The van der Waals surface area contributed by atoms with E-state index in [0.29, 0.717) is 45.2 Å². The van der Waals surface area contributed by atoms with Crippen LogP contribution in [0.15, 0.2) is 18.2 Å². The molecule has 2 saturated heterocycles. The van der Waals surface area contributed by atoms with Gasteiger partial charge in [-0.15, -0.1) is 0 Å². The van der Waals surface area contributed by atoms with Gasteiger partial charge in [0, 0.05) is 45.1 Å². The van der Waals surface area contributed by atoms with Gasteiger partial charge in [-0.25, -0.2) is 0 Å². The molecule has 12 heteroatoms. The SMILES string of the molecule is N#CCCN1CCN(C(=O)C2CC(c3ccc(C#N)c(C(F)(F)F)c3)C(C(F)(F)F)N2)CC1. The van der Waals surface area contributed by atoms with Crippen LogP contribution in [0, 0.1) is 22.7 Å². The van der Waals surface area contributed by atoms with Gasteiger partial charge in [0.05, 0.1) is 29.3 Å². The maximum absolute atomic E-state index is 13.7. The summed E-state index contributed by atoms with van der Waals surface area (Å²) < 4.78 is 81.1. The summed E-state index contributed by atoms with van der Waals surface area (Å²) in [4.78, 5) is 16.3.